The zero-order chi connectivity index (χ0) is 36.7. The molecule has 0 aliphatic carbocycles. The molecule has 0 aliphatic rings. The number of amides is 2. The minimum atomic E-state index is -4.53. The van der Waals surface area contributed by atoms with Gasteiger partial charge in [-0.05, 0) is 85.8 Å². The van der Waals surface area contributed by atoms with Crippen molar-refractivity contribution in [3.8, 4) is 17.0 Å². The molecule has 4 rings (SSSR count). The molecule has 50 heavy (non-hydrogen) atoms. The molecule has 3 aromatic carbocycles. The lowest BCUT2D eigenvalue weighted by Crippen LogP contribution is -2.24. The summed E-state index contributed by atoms with van der Waals surface area (Å²) in [5.41, 5.74) is 1.62. The number of halogens is 4. The Balaban J connectivity index is 1.50. The standard InChI is InChI=1S/C37H35F4N3O6/c1-6-23-19-25(36(48)49-5)20-29(38)33(23)50-31(45)9-7-8-22-11-17-30(28(18-22)35(47)44(3)4)43-34(46)27-16-10-21(2)42-32(27)24-12-14-26(15-13-24)37(39,40)41/h10-20H,6-9H2,1-5H3,(H,43,46). The average Bonchev–Trinajstić information content (AvgIpc) is 3.08. The van der Waals surface area contributed by atoms with E-state index in [1.807, 2.05) is 0 Å². The molecular formula is C37H35F4N3O6. The Labute approximate surface area is 286 Å². The summed E-state index contributed by atoms with van der Waals surface area (Å²) in [7, 11) is 4.27. The van der Waals surface area contributed by atoms with Gasteiger partial charge in [-0.25, -0.2) is 9.18 Å². The molecule has 262 valence electrons. The van der Waals surface area contributed by atoms with Crippen LogP contribution in [0.2, 0.25) is 0 Å². The molecule has 2 amide bonds. The molecule has 9 nitrogen and oxygen atoms in total. The fourth-order valence-corrected chi connectivity index (χ4v) is 5.11. The molecule has 4 aromatic rings. The predicted octanol–water partition coefficient (Wildman–Crippen LogP) is 7.45. The normalized spacial score (nSPS) is 11.1. The summed E-state index contributed by atoms with van der Waals surface area (Å²) < 4.78 is 64.1. The Morgan fingerprint density at radius 3 is 2.24 bits per heavy atom. The first-order chi connectivity index (χ1) is 23.6. The van der Waals surface area contributed by atoms with Gasteiger partial charge >= 0.3 is 18.1 Å². The molecule has 1 N–H and O–H groups in total. The van der Waals surface area contributed by atoms with Crippen LogP contribution in [0.15, 0.2) is 66.7 Å². The Bertz CT molecular complexity index is 1920. The highest BCUT2D eigenvalue weighted by molar-refractivity contribution is 6.11. The van der Waals surface area contributed by atoms with Crippen molar-refractivity contribution in [3.05, 3.63) is 112 Å². The van der Waals surface area contributed by atoms with Crippen LogP contribution in [-0.2, 0) is 28.5 Å². The molecule has 1 aromatic heterocycles. The molecule has 0 unspecified atom stereocenters. The van der Waals surface area contributed by atoms with Crippen LogP contribution in [0.25, 0.3) is 11.3 Å². The highest BCUT2D eigenvalue weighted by Gasteiger charge is 2.30. The van der Waals surface area contributed by atoms with Gasteiger partial charge in [0.25, 0.3) is 11.8 Å². The third-order valence-corrected chi connectivity index (χ3v) is 7.72. The second kappa shape index (κ2) is 15.7. The van der Waals surface area contributed by atoms with Crippen molar-refractivity contribution in [3.63, 3.8) is 0 Å². The summed E-state index contributed by atoms with van der Waals surface area (Å²) in [4.78, 5) is 56.9. The van der Waals surface area contributed by atoms with E-state index in [0.29, 0.717) is 35.2 Å². The second-order valence-electron chi connectivity index (χ2n) is 11.6. The minimum Gasteiger partial charge on any atom is -0.465 e. The van der Waals surface area contributed by atoms with E-state index >= 15 is 0 Å². The molecule has 1 heterocycles. The summed E-state index contributed by atoms with van der Waals surface area (Å²) >= 11 is 0. The average molecular weight is 694 g/mol. The highest BCUT2D eigenvalue weighted by Crippen LogP contribution is 2.32. The Kier molecular flexibility index (Phi) is 11.7. The van der Waals surface area contributed by atoms with Crippen molar-refractivity contribution in [2.24, 2.45) is 0 Å². The lowest BCUT2D eigenvalue weighted by Gasteiger charge is -2.17. The maximum atomic E-state index is 14.8. The number of carbonyl (C=O) groups excluding carboxylic acids is 4. The molecule has 0 radical (unpaired) electrons. The largest absolute Gasteiger partial charge is 0.465 e. The Morgan fingerprint density at radius 1 is 0.920 bits per heavy atom. The number of aromatic nitrogens is 1. The monoisotopic (exact) mass is 693 g/mol. The summed E-state index contributed by atoms with van der Waals surface area (Å²) in [6.07, 6.45) is -3.68. The summed E-state index contributed by atoms with van der Waals surface area (Å²) in [6.45, 7) is 3.41. The molecule has 0 aliphatic heterocycles. The molecule has 0 bridgehead atoms. The molecule has 0 fully saturated rings. The van der Waals surface area contributed by atoms with E-state index < -0.39 is 41.3 Å². The molecule has 0 spiro atoms. The number of hydrogen-bond acceptors (Lipinski definition) is 7. The van der Waals surface area contributed by atoms with Gasteiger partial charge in [0.15, 0.2) is 11.6 Å². The minimum absolute atomic E-state index is 0.000477. The number of hydrogen-bond donors (Lipinski definition) is 1. The zero-order valence-electron chi connectivity index (χ0n) is 28.0. The van der Waals surface area contributed by atoms with Crippen LogP contribution in [0.3, 0.4) is 0 Å². The van der Waals surface area contributed by atoms with E-state index in [9.17, 15) is 36.7 Å². The van der Waals surface area contributed by atoms with Gasteiger partial charge in [0.1, 0.15) is 0 Å². The van der Waals surface area contributed by atoms with Crippen molar-refractivity contribution >= 4 is 29.4 Å². The van der Waals surface area contributed by atoms with Crippen LogP contribution in [-0.4, -0.2) is 54.8 Å². The number of aryl methyl sites for hydroxylation is 3. The van der Waals surface area contributed by atoms with Gasteiger partial charge in [0, 0.05) is 31.8 Å². The first kappa shape index (κ1) is 37.2. The molecule has 0 saturated carbocycles. The van der Waals surface area contributed by atoms with Crippen LogP contribution < -0.4 is 10.1 Å². The molecular weight excluding hydrogens is 658 g/mol. The highest BCUT2D eigenvalue weighted by atomic mass is 19.4. The van der Waals surface area contributed by atoms with Crippen LogP contribution in [0.5, 0.6) is 5.75 Å². The smallest absolute Gasteiger partial charge is 0.416 e. The van der Waals surface area contributed by atoms with E-state index in [1.165, 1.54) is 36.3 Å². The third kappa shape index (κ3) is 8.90. The van der Waals surface area contributed by atoms with Gasteiger partial charge in [-0.15, -0.1) is 0 Å². The third-order valence-electron chi connectivity index (χ3n) is 7.72. The number of esters is 2. The van der Waals surface area contributed by atoms with E-state index in [4.69, 9.17) is 4.74 Å². The van der Waals surface area contributed by atoms with Crippen LogP contribution in [0.4, 0.5) is 23.2 Å². The van der Waals surface area contributed by atoms with Crippen molar-refractivity contribution in [1.29, 1.82) is 0 Å². The van der Waals surface area contributed by atoms with Gasteiger partial charge in [0.05, 0.1) is 40.7 Å². The van der Waals surface area contributed by atoms with E-state index in [1.54, 1.807) is 52.2 Å². The summed E-state index contributed by atoms with van der Waals surface area (Å²) in [5.74, 6) is -3.57. The molecule has 13 heteroatoms. The van der Waals surface area contributed by atoms with Gasteiger partial charge in [-0.1, -0.05) is 25.1 Å². The molecule has 0 saturated heterocycles. The number of nitrogens with zero attached hydrogens (tertiary/aromatic N) is 2. The Morgan fingerprint density at radius 2 is 1.62 bits per heavy atom. The van der Waals surface area contributed by atoms with Crippen molar-refractivity contribution in [1.82, 2.24) is 9.88 Å². The lowest BCUT2D eigenvalue weighted by atomic mass is 10.0. The fraction of sp³-hybridized carbons (Fsp3) is 0.270. The number of benzene rings is 3. The predicted molar refractivity (Wildman–Crippen MR) is 178 cm³/mol. The number of alkyl halides is 3. The van der Waals surface area contributed by atoms with E-state index in [-0.39, 0.29) is 46.7 Å². The van der Waals surface area contributed by atoms with Crippen molar-refractivity contribution in [2.75, 3.05) is 26.5 Å². The second-order valence-corrected chi connectivity index (χ2v) is 11.6. The SMILES string of the molecule is CCc1cc(C(=O)OC)cc(F)c1OC(=O)CCCc1ccc(NC(=O)c2ccc(C)nc2-c2ccc(C(F)(F)F)cc2)c(C(=O)N(C)C)c1. The Hall–Kier alpha value is -5.59. The van der Waals surface area contributed by atoms with Crippen molar-refractivity contribution < 1.29 is 46.2 Å². The number of nitrogens with one attached hydrogen (secondary N) is 1. The zero-order valence-corrected chi connectivity index (χ0v) is 28.0. The number of pyridine rings is 1. The van der Waals surface area contributed by atoms with E-state index in [2.05, 4.69) is 15.0 Å². The summed E-state index contributed by atoms with van der Waals surface area (Å²) in [5, 5.41) is 2.74. The quantitative estimate of drug-likeness (QED) is 0.0986. The first-order valence-corrected chi connectivity index (χ1v) is 15.6. The van der Waals surface area contributed by atoms with Crippen LogP contribution >= 0.6 is 0 Å². The number of ether oxygens (including phenoxy) is 2. The van der Waals surface area contributed by atoms with Crippen LogP contribution in [0.1, 0.15) is 73.2 Å². The van der Waals surface area contributed by atoms with Gasteiger partial charge < -0.3 is 19.7 Å². The number of rotatable bonds is 11. The lowest BCUT2D eigenvalue weighted by molar-refractivity contribution is -0.137. The summed E-state index contributed by atoms with van der Waals surface area (Å²) in [6, 6.07) is 14.6. The fourth-order valence-electron chi connectivity index (χ4n) is 5.11. The van der Waals surface area contributed by atoms with Crippen molar-refractivity contribution in [2.45, 2.75) is 45.7 Å². The maximum absolute atomic E-state index is 14.8. The van der Waals surface area contributed by atoms with Crippen LogP contribution in [0, 0.1) is 12.7 Å². The number of methoxy groups -OCH3 is 1. The first-order valence-electron chi connectivity index (χ1n) is 15.6. The number of anilines is 1. The van der Waals surface area contributed by atoms with E-state index in [0.717, 1.165) is 18.2 Å². The van der Waals surface area contributed by atoms with Gasteiger partial charge in [-0.3, -0.25) is 19.4 Å². The topological polar surface area (TPSA) is 115 Å². The molecule has 0 atom stereocenters. The van der Waals surface area contributed by atoms with Gasteiger partial charge in [-0.2, -0.15) is 13.2 Å². The van der Waals surface area contributed by atoms with Gasteiger partial charge in [0.2, 0.25) is 0 Å². The maximum Gasteiger partial charge on any atom is 0.416 e. The number of carbonyl (C=O) groups is 4.